The molecule has 0 radical (unpaired) electrons. The van der Waals surface area contributed by atoms with Gasteiger partial charge in [0.25, 0.3) is 0 Å². The molecule has 0 unspecified atom stereocenters. The Bertz CT molecular complexity index is 484. The average Bonchev–Trinajstić information content (AvgIpc) is 3.06. The van der Waals surface area contributed by atoms with E-state index < -0.39 is 0 Å². The van der Waals surface area contributed by atoms with E-state index in [4.69, 9.17) is 5.73 Å². The van der Waals surface area contributed by atoms with E-state index in [1.807, 2.05) is 24.3 Å². The molecule has 108 valence electrons. The van der Waals surface area contributed by atoms with Gasteiger partial charge in [0, 0.05) is 11.7 Å². The number of rotatable bonds is 4. The summed E-state index contributed by atoms with van der Waals surface area (Å²) in [6.07, 6.45) is 7.06. The Morgan fingerprint density at radius 2 is 1.85 bits per heavy atom. The van der Waals surface area contributed by atoms with E-state index in [9.17, 15) is 4.79 Å². The molecule has 0 aliphatic heterocycles. The molecule has 1 atom stereocenters. The van der Waals surface area contributed by atoms with Crippen LogP contribution in [-0.4, -0.2) is 11.9 Å². The molecule has 2 aliphatic rings. The maximum Gasteiger partial charge on any atom is 0.230 e. The molecule has 0 heterocycles. The van der Waals surface area contributed by atoms with Gasteiger partial charge in [-0.25, -0.2) is 0 Å². The maximum absolute atomic E-state index is 12.6. The minimum atomic E-state index is -0.277. The topological polar surface area (TPSA) is 55.1 Å². The molecule has 3 nitrogen and oxygen atoms in total. The van der Waals surface area contributed by atoms with Gasteiger partial charge in [-0.2, -0.15) is 0 Å². The Labute approximate surface area is 120 Å². The second kappa shape index (κ2) is 5.12. The summed E-state index contributed by atoms with van der Waals surface area (Å²) in [5.41, 5.74) is 7.32. The predicted octanol–water partition coefficient (Wildman–Crippen LogP) is 3.00. The summed E-state index contributed by atoms with van der Waals surface area (Å²) < 4.78 is 0. The lowest BCUT2D eigenvalue weighted by molar-refractivity contribution is -0.124. The number of benzene rings is 1. The van der Waals surface area contributed by atoms with Gasteiger partial charge in [-0.1, -0.05) is 25.0 Å². The van der Waals surface area contributed by atoms with Crippen molar-refractivity contribution in [1.82, 2.24) is 5.32 Å². The molecule has 2 fully saturated rings. The van der Waals surface area contributed by atoms with Crippen LogP contribution in [0.5, 0.6) is 0 Å². The summed E-state index contributed by atoms with van der Waals surface area (Å²) in [4.78, 5) is 12.6. The van der Waals surface area contributed by atoms with Gasteiger partial charge in [-0.05, 0) is 56.2 Å². The Balaban J connectivity index is 1.68. The van der Waals surface area contributed by atoms with E-state index in [2.05, 4.69) is 12.2 Å². The molecule has 1 aromatic carbocycles. The van der Waals surface area contributed by atoms with E-state index in [0.717, 1.165) is 24.1 Å². The Kier molecular flexibility index (Phi) is 3.45. The second-order valence-electron chi connectivity index (χ2n) is 6.51. The predicted molar refractivity (Wildman–Crippen MR) is 81.3 cm³/mol. The van der Waals surface area contributed by atoms with Crippen LogP contribution < -0.4 is 11.1 Å². The summed E-state index contributed by atoms with van der Waals surface area (Å²) in [7, 11) is 0. The fraction of sp³-hybridized carbons (Fsp3) is 0.588. The summed E-state index contributed by atoms with van der Waals surface area (Å²) in [5.74, 6) is 0.878. The summed E-state index contributed by atoms with van der Waals surface area (Å²) in [6.45, 7) is 2.16. The van der Waals surface area contributed by atoms with E-state index in [1.54, 1.807) is 0 Å². The van der Waals surface area contributed by atoms with Crippen LogP contribution in [0, 0.1) is 5.92 Å². The fourth-order valence-corrected chi connectivity index (χ4v) is 3.49. The Morgan fingerprint density at radius 1 is 1.25 bits per heavy atom. The van der Waals surface area contributed by atoms with Crippen LogP contribution in [0.1, 0.15) is 51.0 Å². The minimum Gasteiger partial charge on any atom is -0.399 e. The minimum absolute atomic E-state index is 0.210. The molecule has 0 spiro atoms. The molecule has 0 aromatic heterocycles. The van der Waals surface area contributed by atoms with Crippen molar-refractivity contribution in [3.8, 4) is 0 Å². The van der Waals surface area contributed by atoms with Crippen LogP contribution in [0.25, 0.3) is 0 Å². The van der Waals surface area contributed by atoms with Gasteiger partial charge in [0.1, 0.15) is 0 Å². The molecule has 3 rings (SSSR count). The lowest BCUT2D eigenvalue weighted by Gasteiger charge is -2.24. The zero-order valence-corrected chi connectivity index (χ0v) is 12.2. The first-order valence-corrected chi connectivity index (χ1v) is 7.79. The number of nitrogens with two attached hydrogens (primary N) is 1. The average molecular weight is 272 g/mol. The third kappa shape index (κ3) is 2.41. The van der Waals surface area contributed by atoms with Crippen LogP contribution in [-0.2, 0) is 10.2 Å². The van der Waals surface area contributed by atoms with Gasteiger partial charge in [-0.15, -0.1) is 0 Å². The molecule has 3 N–H and O–H groups in total. The number of carbonyl (C=O) groups is 1. The van der Waals surface area contributed by atoms with Crippen LogP contribution in [0.15, 0.2) is 24.3 Å². The van der Waals surface area contributed by atoms with Gasteiger partial charge in [0.15, 0.2) is 0 Å². The summed E-state index contributed by atoms with van der Waals surface area (Å²) in [5, 5.41) is 3.27. The maximum atomic E-state index is 12.6. The number of nitrogen functional groups attached to an aromatic ring is 1. The molecule has 20 heavy (non-hydrogen) atoms. The van der Waals surface area contributed by atoms with Gasteiger partial charge in [0.2, 0.25) is 5.91 Å². The zero-order valence-electron chi connectivity index (χ0n) is 12.2. The van der Waals surface area contributed by atoms with Crippen molar-refractivity contribution >= 4 is 11.6 Å². The number of nitrogens with one attached hydrogen (secondary N) is 1. The first-order chi connectivity index (χ1) is 9.62. The molecule has 1 amide bonds. The highest BCUT2D eigenvalue weighted by Gasteiger charge is 2.51. The van der Waals surface area contributed by atoms with E-state index in [1.165, 1.54) is 25.7 Å². The van der Waals surface area contributed by atoms with Crippen molar-refractivity contribution in [2.45, 2.75) is 56.9 Å². The third-order valence-corrected chi connectivity index (χ3v) is 5.11. The third-order valence-electron chi connectivity index (χ3n) is 5.11. The smallest absolute Gasteiger partial charge is 0.230 e. The largest absolute Gasteiger partial charge is 0.399 e. The fourth-order valence-electron chi connectivity index (χ4n) is 3.49. The van der Waals surface area contributed by atoms with E-state index in [-0.39, 0.29) is 11.3 Å². The SMILES string of the molecule is C[C@H](NC(=O)C1(c2ccc(N)cc2)CC1)C1CCCC1. The van der Waals surface area contributed by atoms with Crippen molar-refractivity contribution < 1.29 is 4.79 Å². The Hall–Kier alpha value is -1.51. The van der Waals surface area contributed by atoms with Crippen molar-refractivity contribution in [3.63, 3.8) is 0 Å². The molecule has 0 saturated heterocycles. The Morgan fingerprint density at radius 3 is 2.40 bits per heavy atom. The molecular formula is C17H24N2O. The van der Waals surface area contributed by atoms with Crippen LogP contribution in [0.2, 0.25) is 0 Å². The van der Waals surface area contributed by atoms with Crippen LogP contribution >= 0.6 is 0 Å². The molecule has 0 bridgehead atoms. The lowest BCUT2D eigenvalue weighted by atomic mass is 9.93. The monoisotopic (exact) mass is 272 g/mol. The zero-order chi connectivity index (χ0) is 14.2. The number of hydrogen-bond acceptors (Lipinski definition) is 2. The molecule has 3 heteroatoms. The van der Waals surface area contributed by atoms with Crippen LogP contribution in [0.4, 0.5) is 5.69 Å². The quantitative estimate of drug-likeness (QED) is 0.828. The van der Waals surface area contributed by atoms with Crippen LogP contribution in [0.3, 0.4) is 0 Å². The normalized spacial score (nSPS) is 22.4. The van der Waals surface area contributed by atoms with E-state index >= 15 is 0 Å². The van der Waals surface area contributed by atoms with Crippen molar-refractivity contribution in [3.05, 3.63) is 29.8 Å². The van der Waals surface area contributed by atoms with Gasteiger partial charge in [-0.3, -0.25) is 4.79 Å². The molecule has 2 saturated carbocycles. The standard InChI is InChI=1S/C17H24N2O/c1-12(13-4-2-3-5-13)19-16(20)17(10-11-17)14-6-8-15(18)9-7-14/h6-9,12-13H,2-5,10-11,18H2,1H3,(H,19,20)/t12-/m0/s1. The van der Waals surface area contributed by atoms with Crippen molar-refractivity contribution in [2.24, 2.45) is 5.92 Å². The van der Waals surface area contributed by atoms with Gasteiger partial charge >= 0.3 is 0 Å². The number of hydrogen-bond donors (Lipinski definition) is 2. The van der Waals surface area contributed by atoms with Crippen molar-refractivity contribution in [2.75, 3.05) is 5.73 Å². The highest BCUT2D eigenvalue weighted by molar-refractivity contribution is 5.91. The van der Waals surface area contributed by atoms with Gasteiger partial charge in [0.05, 0.1) is 5.41 Å². The van der Waals surface area contributed by atoms with E-state index in [0.29, 0.717) is 12.0 Å². The lowest BCUT2D eigenvalue weighted by Crippen LogP contribution is -2.43. The molecular weight excluding hydrogens is 248 g/mol. The number of carbonyl (C=O) groups excluding carboxylic acids is 1. The first-order valence-electron chi connectivity index (χ1n) is 7.79. The molecule has 2 aliphatic carbocycles. The number of amides is 1. The van der Waals surface area contributed by atoms with Gasteiger partial charge < -0.3 is 11.1 Å². The summed E-state index contributed by atoms with van der Waals surface area (Å²) >= 11 is 0. The highest BCUT2D eigenvalue weighted by atomic mass is 16.2. The highest BCUT2D eigenvalue weighted by Crippen LogP contribution is 2.48. The summed E-state index contributed by atoms with van der Waals surface area (Å²) in [6, 6.07) is 8.09. The second-order valence-corrected chi connectivity index (χ2v) is 6.51. The number of anilines is 1. The molecule has 1 aromatic rings. The van der Waals surface area contributed by atoms with Crippen molar-refractivity contribution in [1.29, 1.82) is 0 Å². The first kappa shape index (κ1) is 13.5.